The molecule has 1 aliphatic rings. The molecule has 1 aliphatic heterocycles. The summed E-state index contributed by atoms with van der Waals surface area (Å²) >= 11 is 0. The second-order valence-electron chi connectivity index (χ2n) is 12.7. The number of amides is 1. The first kappa shape index (κ1) is 39.2. The lowest BCUT2D eigenvalue weighted by Gasteiger charge is -2.38. The predicted molar refractivity (Wildman–Crippen MR) is 176 cm³/mol. The van der Waals surface area contributed by atoms with E-state index in [0.29, 0.717) is 19.3 Å². The monoisotopic (exact) mass is 674 g/mol. The zero-order valence-corrected chi connectivity index (χ0v) is 30.1. The van der Waals surface area contributed by atoms with Gasteiger partial charge in [0.25, 0.3) is 14.1 Å². The minimum absolute atomic E-state index is 0.0101. The summed E-state index contributed by atoms with van der Waals surface area (Å²) in [5.74, 6) is -0.670. The van der Waals surface area contributed by atoms with Crippen LogP contribution < -0.4 is 16.6 Å². The number of likely N-dealkylation sites (N-methyl/N-ethyl adjacent to an activating group) is 1. The summed E-state index contributed by atoms with van der Waals surface area (Å²) in [7, 11) is -0.500. The van der Waals surface area contributed by atoms with Crippen molar-refractivity contribution >= 4 is 21.6 Å². The van der Waals surface area contributed by atoms with E-state index in [1.165, 1.54) is 10.8 Å². The minimum atomic E-state index is -2.52. The van der Waals surface area contributed by atoms with E-state index in [4.69, 9.17) is 25.1 Å². The van der Waals surface area contributed by atoms with E-state index >= 15 is 0 Å². The van der Waals surface area contributed by atoms with Gasteiger partial charge in [-0.1, -0.05) is 6.92 Å². The predicted octanol–water partition coefficient (Wildman–Crippen LogP) is 2.73. The van der Waals surface area contributed by atoms with E-state index in [9.17, 15) is 18.9 Å². The molecule has 256 valence electrons. The molecule has 14 nitrogen and oxygen atoms in total. The van der Waals surface area contributed by atoms with Crippen molar-refractivity contribution in [2.75, 3.05) is 66.4 Å². The van der Waals surface area contributed by atoms with Crippen LogP contribution in [0.25, 0.3) is 4.85 Å². The Hall–Kier alpha value is -1.94. The SMILES string of the molecule is [C-]#[N+]CCOP(O[C@H]1[C@@H](OCC(=O)NCCN(C)C)[C@H](n2cc(C)c(=O)[nH]c2=O)O[C@@H]1[C@H](C)CP(C)(C)=O)N(C(C)C)C(C)C. The van der Waals surface area contributed by atoms with Gasteiger partial charge >= 0.3 is 5.69 Å². The molecule has 0 aromatic carbocycles. The van der Waals surface area contributed by atoms with E-state index in [2.05, 4.69) is 19.8 Å². The van der Waals surface area contributed by atoms with Crippen molar-refractivity contribution in [3.63, 3.8) is 0 Å². The number of aryl methyl sites for hydroxylation is 1. The van der Waals surface area contributed by atoms with E-state index < -0.39 is 51.5 Å². The summed E-state index contributed by atoms with van der Waals surface area (Å²) in [6.45, 7) is 23.2. The maximum Gasteiger partial charge on any atom is 0.330 e. The van der Waals surface area contributed by atoms with Crippen LogP contribution in [-0.2, 0) is 27.9 Å². The third kappa shape index (κ3) is 12.0. The lowest BCUT2D eigenvalue weighted by atomic mass is 10.00. The van der Waals surface area contributed by atoms with Crippen molar-refractivity contribution in [2.45, 2.75) is 78.2 Å². The van der Waals surface area contributed by atoms with Crippen LogP contribution in [0.2, 0.25) is 0 Å². The molecule has 2 rings (SSSR count). The molecule has 1 unspecified atom stereocenters. The van der Waals surface area contributed by atoms with E-state index in [1.54, 1.807) is 20.3 Å². The number of aromatic nitrogens is 2. The molecule has 0 radical (unpaired) electrons. The summed E-state index contributed by atoms with van der Waals surface area (Å²) < 4.78 is 42.1. The Morgan fingerprint density at radius 1 is 1.20 bits per heavy atom. The molecule has 1 amide bonds. The van der Waals surface area contributed by atoms with E-state index in [0.717, 1.165) is 0 Å². The van der Waals surface area contributed by atoms with Gasteiger partial charge in [-0.25, -0.2) is 16.0 Å². The van der Waals surface area contributed by atoms with Crippen LogP contribution >= 0.6 is 15.7 Å². The zero-order valence-electron chi connectivity index (χ0n) is 28.3. The van der Waals surface area contributed by atoms with Crippen LogP contribution in [0.5, 0.6) is 0 Å². The van der Waals surface area contributed by atoms with Gasteiger partial charge in [0.05, 0.1) is 13.2 Å². The number of ether oxygens (including phenoxy) is 2. The third-order valence-electron chi connectivity index (χ3n) is 7.09. The van der Waals surface area contributed by atoms with Gasteiger partial charge in [0.1, 0.15) is 25.4 Å². The fraction of sp³-hybridized carbons (Fsp3) is 0.793. The lowest BCUT2D eigenvalue weighted by molar-refractivity contribution is -0.132. The Bertz CT molecular complexity index is 1300. The highest BCUT2D eigenvalue weighted by Crippen LogP contribution is 2.52. The molecular formula is C29H52N6O8P2. The maximum atomic E-state index is 13.1. The number of carbonyl (C=O) groups excluding carboxylic acids is 1. The molecule has 45 heavy (non-hydrogen) atoms. The minimum Gasteiger partial charge on any atom is -0.361 e. The Kier molecular flexibility index (Phi) is 15.5. The number of rotatable bonds is 18. The first-order valence-electron chi connectivity index (χ1n) is 15.2. The molecule has 2 N–H and O–H groups in total. The number of hydrogen-bond acceptors (Lipinski definition) is 10. The van der Waals surface area contributed by atoms with Gasteiger partial charge in [0.2, 0.25) is 12.5 Å². The summed E-state index contributed by atoms with van der Waals surface area (Å²) in [5, 5.41) is 2.83. The van der Waals surface area contributed by atoms with Crippen LogP contribution in [0.15, 0.2) is 15.8 Å². The molecule has 1 fully saturated rings. The van der Waals surface area contributed by atoms with Gasteiger partial charge in [-0.05, 0) is 68.0 Å². The number of H-pyrrole nitrogens is 1. The van der Waals surface area contributed by atoms with Gasteiger partial charge in [0, 0.05) is 43.1 Å². The highest BCUT2D eigenvalue weighted by atomic mass is 31.2. The van der Waals surface area contributed by atoms with Gasteiger partial charge in [-0.2, -0.15) is 0 Å². The Labute approximate surface area is 268 Å². The second-order valence-corrected chi connectivity index (χ2v) is 17.6. The van der Waals surface area contributed by atoms with Gasteiger partial charge in [-0.3, -0.25) is 19.1 Å². The average Bonchev–Trinajstić information content (AvgIpc) is 3.25. The molecule has 0 bridgehead atoms. The average molecular weight is 675 g/mol. The van der Waals surface area contributed by atoms with Crippen molar-refractivity contribution in [3.8, 4) is 0 Å². The van der Waals surface area contributed by atoms with Crippen LogP contribution in [-0.4, -0.2) is 122 Å². The van der Waals surface area contributed by atoms with Crippen molar-refractivity contribution in [1.82, 2.24) is 24.4 Å². The second kappa shape index (κ2) is 17.8. The molecule has 0 aliphatic carbocycles. The first-order valence-corrected chi connectivity index (χ1v) is 19.1. The summed E-state index contributed by atoms with van der Waals surface area (Å²) in [6.07, 6.45) is -1.94. The van der Waals surface area contributed by atoms with E-state index in [1.807, 2.05) is 53.6 Å². The topological polar surface area (TPSA) is 149 Å². The summed E-state index contributed by atoms with van der Waals surface area (Å²) in [4.78, 5) is 45.8. The standard InChI is InChI=1S/C29H52N6O8P2/c1-19(2)35(20(3)4)44(41-15-13-30-7)43-25-24(22(6)18-45(10,11)39)42-28(34-16-21(5)27(37)32-29(34)38)26(25)40-17-23(36)31-12-14-33(8)9/h16,19-20,22,24-26,28H,12-15,17-18H2,1-6,8-11H3,(H,31,36)(H,32,37,38)/t22-,24-,25-,26-,28-,44?/m1/s1. The fourth-order valence-corrected chi connectivity index (χ4v) is 8.59. The lowest BCUT2D eigenvalue weighted by Crippen LogP contribution is -2.44. The highest BCUT2D eigenvalue weighted by Gasteiger charge is 2.52. The molecule has 1 aromatic heterocycles. The quantitative estimate of drug-likeness (QED) is 0.135. The molecular weight excluding hydrogens is 622 g/mol. The van der Waals surface area contributed by atoms with Crippen LogP contribution in [0.4, 0.5) is 0 Å². The highest BCUT2D eigenvalue weighted by molar-refractivity contribution is 7.62. The zero-order chi connectivity index (χ0) is 34.1. The van der Waals surface area contributed by atoms with Crippen LogP contribution in [0.1, 0.15) is 46.4 Å². The fourth-order valence-electron chi connectivity index (χ4n) is 5.25. The Balaban J connectivity index is 2.63. The number of nitrogens with one attached hydrogen (secondary N) is 2. The largest absolute Gasteiger partial charge is 0.361 e. The number of carbonyl (C=O) groups is 1. The molecule has 16 heteroatoms. The van der Waals surface area contributed by atoms with Crippen molar-refractivity contribution in [1.29, 1.82) is 0 Å². The number of aromatic amines is 1. The molecule has 1 saturated heterocycles. The van der Waals surface area contributed by atoms with E-state index in [-0.39, 0.29) is 49.2 Å². The third-order valence-corrected chi connectivity index (χ3v) is 10.7. The van der Waals surface area contributed by atoms with Gasteiger partial charge in [0.15, 0.2) is 6.23 Å². The molecule has 1 aromatic rings. The summed E-state index contributed by atoms with van der Waals surface area (Å²) in [5.41, 5.74) is -0.941. The summed E-state index contributed by atoms with van der Waals surface area (Å²) in [6, 6.07) is 0.0201. The number of nitrogens with zero attached hydrogens (tertiary/aromatic N) is 4. The van der Waals surface area contributed by atoms with Gasteiger partial charge in [-0.15, -0.1) is 0 Å². The number of hydrogen-bond donors (Lipinski definition) is 2. The Morgan fingerprint density at radius 3 is 2.40 bits per heavy atom. The van der Waals surface area contributed by atoms with Crippen LogP contribution in [0.3, 0.4) is 0 Å². The van der Waals surface area contributed by atoms with Gasteiger partial charge < -0.3 is 38.1 Å². The molecule has 6 atom stereocenters. The van der Waals surface area contributed by atoms with Crippen LogP contribution in [0, 0.1) is 19.4 Å². The molecule has 2 heterocycles. The smallest absolute Gasteiger partial charge is 0.330 e. The Morgan fingerprint density at radius 2 is 1.84 bits per heavy atom. The molecule has 0 spiro atoms. The van der Waals surface area contributed by atoms with Crippen molar-refractivity contribution in [3.05, 3.63) is 44.0 Å². The first-order chi connectivity index (χ1) is 21.0. The molecule has 0 saturated carbocycles. The van der Waals surface area contributed by atoms with Crippen molar-refractivity contribution < 1.29 is 27.9 Å². The maximum absolute atomic E-state index is 13.1. The normalized spacial score (nSPS) is 21.9. The van der Waals surface area contributed by atoms with Crippen molar-refractivity contribution in [2.24, 2.45) is 5.92 Å².